The SMILES string of the molecule is C=C(I)S/N=C(/C)N. The highest BCUT2D eigenvalue weighted by Crippen LogP contribution is 2.20. The summed E-state index contributed by atoms with van der Waals surface area (Å²) in [6, 6.07) is 0. The van der Waals surface area contributed by atoms with Gasteiger partial charge in [-0.2, -0.15) is 4.40 Å². The van der Waals surface area contributed by atoms with Crippen molar-refractivity contribution in [3.8, 4) is 0 Å². The third kappa shape index (κ3) is 6.29. The average Bonchev–Trinajstić information content (AvgIpc) is 1.61. The van der Waals surface area contributed by atoms with Crippen LogP contribution >= 0.6 is 34.5 Å². The lowest BCUT2D eigenvalue weighted by atomic mass is 10.8. The summed E-state index contributed by atoms with van der Waals surface area (Å²) in [5.74, 6) is 0.577. The summed E-state index contributed by atoms with van der Waals surface area (Å²) in [4.78, 5) is 0. The van der Waals surface area contributed by atoms with Gasteiger partial charge in [0.25, 0.3) is 0 Å². The predicted octanol–water partition coefficient (Wildman–Crippen LogP) is 1.92. The molecule has 0 amide bonds. The molecule has 0 aliphatic heterocycles. The Bertz CT molecular complexity index is 117. The van der Waals surface area contributed by atoms with Gasteiger partial charge in [-0.3, -0.25) is 0 Å². The van der Waals surface area contributed by atoms with E-state index in [0.29, 0.717) is 5.84 Å². The molecule has 0 rings (SSSR count). The predicted molar refractivity (Wildman–Crippen MR) is 48.0 cm³/mol. The van der Waals surface area contributed by atoms with E-state index >= 15 is 0 Å². The minimum Gasteiger partial charge on any atom is -0.387 e. The van der Waals surface area contributed by atoms with Crippen molar-refractivity contribution in [2.24, 2.45) is 10.1 Å². The fourth-order valence-corrected chi connectivity index (χ4v) is 0.660. The van der Waals surface area contributed by atoms with Crippen LogP contribution in [0.15, 0.2) is 13.9 Å². The van der Waals surface area contributed by atoms with Crippen molar-refractivity contribution in [3.05, 3.63) is 9.49 Å². The van der Waals surface area contributed by atoms with Gasteiger partial charge in [0.2, 0.25) is 0 Å². The number of nitrogens with zero attached hydrogens (tertiary/aromatic N) is 1. The summed E-state index contributed by atoms with van der Waals surface area (Å²) in [6.45, 7) is 5.36. The lowest BCUT2D eigenvalue weighted by molar-refractivity contribution is 1.60. The van der Waals surface area contributed by atoms with E-state index < -0.39 is 0 Å². The van der Waals surface area contributed by atoms with Crippen molar-refractivity contribution in [1.82, 2.24) is 0 Å². The largest absolute Gasteiger partial charge is 0.387 e. The van der Waals surface area contributed by atoms with Crippen molar-refractivity contribution in [3.63, 3.8) is 0 Å². The Morgan fingerprint density at radius 2 is 2.38 bits per heavy atom. The molecule has 4 heteroatoms. The monoisotopic (exact) mass is 242 g/mol. The standard InChI is InChI=1S/C4H7IN2S/c1-3(5)8-7-4(2)6/h1H2,2H3,(H2,6,7). The number of amidine groups is 1. The van der Waals surface area contributed by atoms with Crippen LogP contribution < -0.4 is 5.73 Å². The molecule has 0 saturated carbocycles. The van der Waals surface area contributed by atoms with Crippen LogP contribution in [0, 0.1) is 0 Å². The Hall–Kier alpha value is 0.290. The molecular formula is C4H7IN2S. The lowest BCUT2D eigenvalue weighted by Crippen LogP contribution is -2.02. The number of rotatable bonds is 2. The van der Waals surface area contributed by atoms with Crippen LogP contribution in [0.1, 0.15) is 6.92 Å². The molecule has 0 atom stereocenters. The van der Waals surface area contributed by atoms with Gasteiger partial charge in [0.05, 0.1) is 2.91 Å². The van der Waals surface area contributed by atoms with Gasteiger partial charge in [0, 0.05) is 11.9 Å². The van der Waals surface area contributed by atoms with Gasteiger partial charge in [-0.1, -0.05) is 6.58 Å². The maximum absolute atomic E-state index is 5.23. The lowest BCUT2D eigenvalue weighted by Gasteiger charge is -1.87. The van der Waals surface area contributed by atoms with Gasteiger partial charge >= 0.3 is 0 Å². The Morgan fingerprint density at radius 1 is 1.88 bits per heavy atom. The molecule has 2 N–H and O–H groups in total. The summed E-state index contributed by atoms with van der Waals surface area (Å²) in [7, 11) is 0. The fraction of sp³-hybridized carbons (Fsp3) is 0.250. The van der Waals surface area contributed by atoms with Gasteiger partial charge in [-0.05, 0) is 29.5 Å². The normalized spacial score (nSPS) is 11.5. The first kappa shape index (κ1) is 8.29. The Labute approximate surface area is 66.9 Å². The first-order valence-corrected chi connectivity index (χ1v) is 3.79. The maximum Gasteiger partial charge on any atom is 0.105 e. The molecular weight excluding hydrogens is 235 g/mol. The zero-order chi connectivity index (χ0) is 6.57. The molecule has 0 aromatic heterocycles. The zero-order valence-electron chi connectivity index (χ0n) is 4.52. The van der Waals surface area contributed by atoms with Gasteiger partial charge in [0.1, 0.15) is 5.84 Å². The summed E-state index contributed by atoms with van der Waals surface area (Å²) >= 11 is 3.38. The average molecular weight is 242 g/mol. The van der Waals surface area contributed by atoms with Gasteiger partial charge < -0.3 is 5.73 Å². The van der Waals surface area contributed by atoms with Crippen molar-refractivity contribution in [1.29, 1.82) is 0 Å². The van der Waals surface area contributed by atoms with E-state index in [-0.39, 0.29) is 0 Å². The minimum atomic E-state index is 0.577. The minimum absolute atomic E-state index is 0.577. The first-order chi connectivity index (χ1) is 3.63. The second kappa shape index (κ2) is 4.20. The maximum atomic E-state index is 5.23. The summed E-state index contributed by atoms with van der Waals surface area (Å²) in [5.41, 5.74) is 5.23. The van der Waals surface area contributed by atoms with E-state index in [9.17, 15) is 0 Å². The second-order valence-electron chi connectivity index (χ2n) is 1.18. The third-order valence-electron chi connectivity index (χ3n) is 0.289. The Balaban J connectivity index is 3.45. The van der Waals surface area contributed by atoms with Crippen LogP contribution in [0.3, 0.4) is 0 Å². The van der Waals surface area contributed by atoms with Crippen molar-refractivity contribution < 1.29 is 0 Å². The number of halogens is 1. The third-order valence-corrected chi connectivity index (χ3v) is 1.46. The smallest absolute Gasteiger partial charge is 0.105 e. The summed E-state index contributed by atoms with van der Waals surface area (Å²) < 4.78 is 4.75. The number of hydrogen-bond acceptors (Lipinski definition) is 2. The molecule has 0 aliphatic carbocycles. The van der Waals surface area contributed by atoms with E-state index in [0.717, 1.165) is 2.91 Å². The molecule has 0 spiro atoms. The zero-order valence-corrected chi connectivity index (χ0v) is 7.49. The van der Waals surface area contributed by atoms with E-state index in [4.69, 9.17) is 5.73 Å². The molecule has 0 radical (unpaired) electrons. The van der Waals surface area contributed by atoms with E-state index in [1.54, 1.807) is 6.92 Å². The van der Waals surface area contributed by atoms with Crippen molar-refractivity contribution in [2.75, 3.05) is 0 Å². The molecule has 2 nitrogen and oxygen atoms in total. The summed E-state index contributed by atoms with van der Waals surface area (Å²) in [5, 5.41) is 0. The highest BCUT2D eigenvalue weighted by Gasteiger charge is 1.82. The number of hydrogen-bond donors (Lipinski definition) is 1. The Morgan fingerprint density at radius 3 is 2.50 bits per heavy atom. The van der Waals surface area contributed by atoms with E-state index in [1.165, 1.54) is 11.9 Å². The quantitative estimate of drug-likeness (QED) is 0.347. The molecule has 0 saturated heterocycles. The number of nitrogens with two attached hydrogens (primary N) is 1. The van der Waals surface area contributed by atoms with E-state index in [2.05, 4.69) is 33.6 Å². The molecule has 0 fully saturated rings. The topological polar surface area (TPSA) is 38.4 Å². The van der Waals surface area contributed by atoms with E-state index in [1.807, 2.05) is 0 Å². The van der Waals surface area contributed by atoms with Crippen molar-refractivity contribution >= 4 is 40.4 Å². The molecule has 46 valence electrons. The van der Waals surface area contributed by atoms with Crippen LogP contribution in [-0.4, -0.2) is 5.84 Å². The first-order valence-electron chi connectivity index (χ1n) is 1.94. The Kier molecular flexibility index (Phi) is 4.35. The van der Waals surface area contributed by atoms with Crippen LogP contribution in [0.4, 0.5) is 0 Å². The highest BCUT2D eigenvalue weighted by molar-refractivity contribution is 14.1. The summed E-state index contributed by atoms with van der Waals surface area (Å²) in [6.07, 6.45) is 0. The second-order valence-corrected chi connectivity index (χ2v) is 4.07. The molecule has 8 heavy (non-hydrogen) atoms. The molecule has 0 bridgehead atoms. The van der Waals surface area contributed by atoms with Crippen molar-refractivity contribution in [2.45, 2.75) is 6.92 Å². The molecule has 0 heterocycles. The van der Waals surface area contributed by atoms with Gasteiger partial charge in [-0.25, -0.2) is 0 Å². The molecule has 0 unspecified atom stereocenters. The van der Waals surface area contributed by atoms with Crippen LogP contribution in [0.25, 0.3) is 0 Å². The van der Waals surface area contributed by atoms with Crippen LogP contribution in [0.5, 0.6) is 0 Å². The van der Waals surface area contributed by atoms with Gasteiger partial charge in [0.15, 0.2) is 0 Å². The van der Waals surface area contributed by atoms with Crippen LogP contribution in [0.2, 0.25) is 0 Å². The molecule has 0 aliphatic rings. The highest BCUT2D eigenvalue weighted by atomic mass is 127. The fourth-order valence-electron chi connectivity index (χ4n) is 0.122. The molecule has 0 aromatic carbocycles. The van der Waals surface area contributed by atoms with Gasteiger partial charge in [-0.15, -0.1) is 0 Å². The van der Waals surface area contributed by atoms with Crippen LogP contribution in [-0.2, 0) is 0 Å². The molecule has 0 aromatic rings.